The highest BCUT2D eigenvalue weighted by molar-refractivity contribution is 6.08. The number of nitrogens with zero attached hydrogens (tertiary/aromatic N) is 4. The predicted octanol–water partition coefficient (Wildman–Crippen LogP) is 6.92. The van der Waals surface area contributed by atoms with Crippen molar-refractivity contribution >= 4 is 21.8 Å². The van der Waals surface area contributed by atoms with E-state index in [4.69, 9.17) is 4.74 Å². The van der Waals surface area contributed by atoms with Gasteiger partial charge in [-0.15, -0.1) is 5.10 Å². The summed E-state index contributed by atoms with van der Waals surface area (Å²) < 4.78 is 10.3. The number of ether oxygens (including phenoxy) is 1. The minimum Gasteiger partial charge on any atom is -0.458 e. The van der Waals surface area contributed by atoms with Crippen LogP contribution in [0.25, 0.3) is 38.8 Å². The topological polar surface area (TPSA) is 44.9 Å². The van der Waals surface area contributed by atoms with Crippen molar-refractivity contribution < 1.29 is 4.74 Å². The van der Waals surface area contributed by atoms with Crippen LogP contribution < -0.4 is 4.74 Å². The lowest BCUT2D eigenvalue weighted by molar-refractivity contribution is 0.435. The van der Waals surface area contributed by atoms with E-state index in [2.05, 4.69) is 95.5 Å². The molecule has 0 N–H and O–H groups in total. The van der Waals surface area contributed by atoms with Crippen LogP contribution in [0.15, 0.2) is 96.9 Å². The van der Waals surface area contributed by atoms with Gasteiger partial charge in [0.2, 0.25) is 0 Å². The molecule has 5 nitrogen and oxygen atoms in total. The van der Waals surface area contributed by atoms with Gasteiger partial charge in [0.25, 0.3) is 0 Å². The van der Waals surface area contributed by atoms with Crippen molar-refractivity contribution in [1.29, 1.82) is 0 Å². The molecule has 0 saturated carbocycles. The molecule has 3 aromatic carbocycles. The summed E-state index contributed by atoms with van der Waals surface area (Å²) in [6, 6.07) is 23.2. The highest BCUT2D eigenvalue weighted by Crippen LogP contribution is 2.32. The standard InChI is InChI=1S/C29H26N4O/c1-3-32-27-7-5-4-6-25(27)26-18-22(12-17-28(26)32)33-29(19-30-31-33)21-10-15-24(16-11-21)34-23-13-8-20(2)9-14-23/h4-8,10-20H,3,9H2,1-2H3. The molecule has 0 saturated heterocycles. The maximum Gasteiger partial charge on any atom is 0.127 e. The number of allylic oxidation sites excluding steroid dienone is 3. The molecule has 2 aromatic heterocycles. The molecule has 0 bridgehead atoms. The lowest BCUT2D eigenvalue weighted by Gasteiger charge is -2.13. The molecule has 6 rings (SSSR count). The number of aromatic nitrogens is 4. The van der Waals surface area contributed by atoms with Crippen molar-refractivity contribution in [3.8, 4) is 22.7 Å². The van der Waals surface area contributed by atoms with Crippen molar-refractivity contribution in [3.63, 3.8) is 0 Å². The molecule has 1 atom stereocenters. The van der Waals surface area contributed by atoms with E-state index >= 15 is 0 Å². The van der Waals surface area contributed by atoms with E-state index in [9.17, 15) is 0 Å². The zero-order valence-corrected chi connectivity index (χ0v) is 19.3. The maximum absolute atomic E-state index is 6.03. The summed E-state index contributed by atoms with van der Waals surface area (Å²) >= 11 is 0. The number of benzene rings is 3. The van der Waals surface area contributed by atoms with Crippen LogP contribution in [-0.2, 0) is 6.54 Å². The van der Waals surface area contributed by atoms with E-state index in [0.717, 1.165) is 41.4 Å². The van der Waals surface area contributed by atoms with Crippen LogP contribution in [0, 0.1) is 5.92 Å². The van der Waals surface area contributed by atoms with E-state index in [1.807, 2.05) is 29.1 Å². The average molecular weight is 447 g/mol. The van der Waals surface area contributed by atoms with Gasteiger partial charge in [-0.1, -0.05) is 36.4 Å². The molecule has 34 heavy (non-hydrogen) atoms. The van der Waals surface area contributed by atoms with Crippen LogP contribution in [-0.4, -0.2) is 19.6 Å². The Balaban J connectivity index is 1.34. The van der Waals surface area contributed by atoms with E-state index in [1.165, 1.54) is 21.8 Å². The van der Waals surface area contributed by atoms with E-state index in [-0.39, 0.29) is 0 Å². The highest BCUT2D eigenvalue weighted by atomic mass is 16.5. The summed E-state index contributed by atoms with van der Waals surface area (Å²) in [4.78, 5) is 0. The Bertz CT molecular complexity index is 1550. The van der Waals surface area contributed by atoms with Gasteiger partial charge in [-0.05, 0) is 79.9 Å². The van der Waals surface area contributed by atoms with E-state index < -0.39 is 0 Å². The quantitative estimate of drug-likeness (QED) is 0.294. The highest BCUT2D eigenvalue weighted by Gasteiger charge is 2.14. The fourth-order valence-corrected chi connectivity index (χ4v) is 4.75. The largest absolute Gasteiger partial charge is 0.458 e. The summed E-state index contributed by atoms with van der Waals surface area (Å²) in [6.45, 7) is 5.32. The van der Waals surface area contributed by atoms with Gasteiger partial charge in [-0.25, -0.2) is 4.68 Å². The third kappa shape index (κ3) is 3.50. The molecule has 1 aliphatic carbocycles. The molecule has 1 unspecified atom stereocenters. The Hall–Kier alpha value is -4.12. The zero-order chi connectivity index (χ0) is 23.1. The minimum atomic E-state index is 0.570. The molecular weight excluding hydrogens is 420 g/mol. The lowest BCUT2D eigenvalue weighted by atomic mass is 10.0. The van der Waals surface area contributed by atoms with Crippen LogP contribution in [0.5, 0.6) is 5.75 Å². The normalized spacial score (nSPS) is 15.7. The molecule has 5 heteroatoms. The summed E-state index contributed by atoms with van der Waals surface area (Å²) in [7, 11) is 0. The number of aryl methyl sites for hydroxylation is 1. The molecule has 0 radical (unpaired) electrons. The van der Waals surface area contributed by atoms with Crippen LogP contribution in [0.4, 0.5) is 0 Å². The average Bonchev–Trinajstić information content (AvgIpc) is 3.48. The van der Waals surface area contributed by atoms with Gasteiger partial charge in [0.1, 0.15) is 11.5 Å². The molecule has 168 valence electrons. The number of hydrogen-bond donors (Lipinski definition) is 0. The molecule has 5 aromatic rings. The van der Waals surface area contributed by atoms with Gasteiger partial charge >= 0.3 is 0 Å². The summed E-state index contributed by atoms with van der Waals surface area (Å²) in [5, 5.41) is 11.1. The van der Waals surface area contributed by atoms with Gasteiger partial charge in [0.15, 0.2) is 0 Å². The first-order valence-corrected chi connectivity index (χ1v) is 11.8. The second-order valence-corrected chi connectivity index (χ2v) is 8.80. The van der Waals surface area contributed by atoms with Crippen LogP contribution in [0.2, 0.25) is 0 Å². The van der Waals surface area contributed by atoms with Gasteiger partial charge in [0, 0.05) is 33.9 Å². The number of fused-ring (bicyclic) bond motifs is 3. The Labute approximate surface area is 198 Å². The van der Waals surface area contributed by atoms with Gasteiger partial charge in [0.05, 0.1) is 17.6 Å². The molecule has 0 aliphatic heterocycles. The van der Waals surface area contributed by atoms with Gasteiger partial charge in [-0.2, -0.15) is 0 Å². The number of hydrogen-bond acceptors (Lipinski definition) is 3. The Morgan fingerprint density at radius 3 is 2.59 bits per heavy atom. The fourth-order valence-electron chi connectivity index (χ4n) is 4.75. The Kier molecular flexibility index (Phi) is 5.02. The molecule has 1 aliphatic rings. The van der Waals surface area contributed by atoms with Crippen molar-refractivity contribution in [2.24, 2.45) is 5.92 Å². The Morgan fingerprint density at radius 1 is 0.971 bits per heavy atom. The summed E-state index contributed by atoms with van der Waals surface area (Å²) in [5.41, 5.74) is 5.46. The third-order valence-electron chi connectivity index (χ3n) is 6.53. The predicted molar refractivity (Wildman–Crippen MR) is 137 cm³/mol. The van der Waals surface area contributed by atoms with E-state index in [1.54, 1.807) is 0 Å². The third-order valence-corrected chi connectivity index (χ3v) is 6.53. The summed E-state index contributed by atoms with van der Waals surface area (Å²) in [5.74, 6) is 2.29. The first kappa shape index (κ1) is 20.5. The maximum atomic E-state index is 6.03. The molecule has 0 spiro atoms. The summed E-state index contributed by atoms with van der Waals surface area (Å²) in [6.07, 6.45) is 9.19. The minimum absolute atomic E-state index is 0.570. The molecule has 0 amide bonds. The zero-order valence-electron chi connectivity index (χ0n) is 19.3. The first-order chi connectivity index (χ1) is 16.7. The second kappa shape index (κ2) is 8.34. The fraction of sp³-hybridized carbons (Fsp3) is 0.172. The first-order valence-electron chi connectivity index (χ1n) is 11.8. The molecule has 2 heterocycles. The van der Waals surface area contributed by atoms with Crippen LogP contribution in [0.1, 0.15) is 20.3 Å². The van der Waals surface area contributed by atoms with Crippen molar-refractivity contribution in [3.05, 3.63) is 96.9 Å². The smallest absolute Gasteiger partial charge is 0.127 e. The Morgan fingerprint density at radius 2 is 1.79 bits per heavy atom. The van der Waals surface area contributed by atoms with Gasteiger partial charge < -0.3 is 9.30 Å². The van der Waals surface area contributed by atoms with E-state index in [0.29, 0.717) is 5.92 Å². The molecular formula is C29H26N4O. The van der Waals surface area contributed by atoms with Crippen molar-refractivity contribution in [1.82, 2.24) is 19.6 Å². The van der Waals surface area contributed by atoms with Crippen LogP contribution >= 0.6 is 0 Å². The number of para-hydroxylation sites is 1. The number of rotatable bonds is 5. The van der Waals surface area contributed by atoms with Crippen LogP contribution in [0.3, 0.4) is 0 Å². The second-order valence-electron chi connectivity index (χ2n) is 8.80. The van der Waals surface area contributed by atoms with Crippen molar-refractivity contribution in [2.45, 2.75) is 26.8 Å². The lowest BCUT2D eigenvalue weighted by Crippen LogP contribution is -2.01. The van der Waals surface area contributed by atoms with Gasteiger partial charge in [-0.3, -0.25) is 0 Å². The SMILES string of the molecule is CCn1c2ccccc2c2cc(-n3nncc3-c3ccc(OC4=CCC(C)C=C4)cc3)ccc21. The monoisotopic (exact) mass is 446 g/mol. The molecule has 0 fully saturated rings. The van der Waals surface area contributed by atoms with Crippen molar-refractivity contribution in [2.75, 3.05) is 0 Å².